The first-order valence-corrected chi connectivity index (χ1v) is 11.5. The molecule has 2 aromatic carbocycles. The molecule has 2 amide bonds. The number of methoxy groups -OCH3 is 1. The Morgan fingerprint density at radius 3 is 2.27 bits per heavy atom. The first kappa shape index (κ1) is 26.2. The van der Waals surface area contributed by atoms with Crippen LogP contribution in [0.3, 0.4) is 0 Å². The van der Waals surface area contributed by atoms with Gasteiger partial charge in [-0.1, -0.05) is 52.0 Å². The van der Waals surface area contributed by atoms with Crippen LogP contribution in [0.1, 0.15) is 59.1 Å². The molecule has 6 heteroatoms. The molecule has 0 aliphatic carbocycles. The molecule has 0 aliphatic rings. The van der Waals surface area contributed by atoms with Gasteiger partial charge in [-0.05, 0) is 61.1 Å². The van der Waals surface area contributed by atoms with E-state index in [1.165, 1.54) is 5.56 Å². The summed E-state index contributed by atoms with van der Waals surface area (Å²) in [6.07, 6.45) is 0.815. The maximum Gasteiger partial charge on any atom is 0.261 e. The van der Waals surface area contributed by atoms with Crippen LogP contribution in [0.15, 0.2) is 48.5 Å². The van der Waals surface area contributed by atoms with Crippen molar-refractivity contribution in [2.45, 2.75) is 72.0 Å². The molecule has 0 unspecified atom stereocenters. The average Bonchev–Trinajstić information content (AvgIpc) is 2.80. The Kier molecular flexibility index (Phi) is 9.32. The zero-order valence-electron chi connectivity index (χ0n) is 21.0. The highest BCUT2D eigenvalue weighted by Gasteiger charge is 2.27. The van der Waals surface area contributed by atoms with Crippen LogP contribution in [-0.2, 0) is 21.5 Å². The summed E-state index contributed by atoms with van der Waals surface area (Å²) in [5.41, 5.74) is 2.11. The largest absolute Gasteiger partial charge is 0.497 e. The molecule has 2 rings (SSSR count). The summed E-state index contributed by atoms with van der Waals surface area (Å²) in [6.45, 7) is 12.3. The van der Waals surface area contributed by atoms with Crippen LogP contribution in [0, 0.1) is 0 Å². The third kappa shape index (κ3) is 7.81. The number of rotatable bonds is 10. The molecule has 180 valence electrons. The quantitative estimate of drug-likeness (QED) is 0.565. The molecule has 6 nitrogen and oxygen atoms in total. The fraction of sp³-hybridized carbons (Fsp3) is 0.481. The van der Waals surface area contributed by atoms with Crippen LogP contribution in [0.2, 0.25) is 0 Å². The minimum absolute atomic E-state index is 0.0336. The molecule has 0 fully saturated rings. The minimum Gasteiger partial charge on any atom is -0.497 e. The third-order valence-corrected chi connectivity index (χ3v) is 5.74. The number of nitrogens with zero attached hydrogens (tertiary/aromatic N) is 1. The van der Waals surface area contributed by atoms with E-state index in [0.29, 0.717) is 11.5 Å². The highest BCUT2D eigenvalue weighted by molar-refractivity contribution is 5.88. The number of hydrogen-bond acceptors (Lipinski definition) is 4. The van der Waals surface area contributed by atoms with Crippen molar-refractivity contribution in [3.05, 3.63) is 59.7 Å². The molecule has 0 bridgehead atoms. The topological polar surface area (TPSA) is 67.9 Å². The van der Waals surface area contributed by atoms with E-state index in [-0.39, 0.29) is 36.4 Å². The van der Waals surface area contributed by atoms with Crippen molar-refractivity contribution in [2.75, 3.05) is 13.7 Å². The van der Waals surface area contributed by atoms with Gasteiger partial charge in [0.25, 0.3) is 5.91 Å². The van der Waals surface area contributed by atoms with Crippen LogP contribution in [0.25, 0.3) is 0 Å². The Balaban J connectivity index is 2.16. The molecule has 0 saturated heterocycles. The number of carbonyl (C=O) groups excluding carboxylic acids is 2. The van der Waals surface area contributed by atoms with Gasteiger partial charge < -0.3 is 19.7 Å². The van der Waals surface area contributed by atoms with Crippen molar-refractivity contribution in [1.82, 2.24) is 10.2 Å². The van der Waals surface area contributed by atoms with Gasteiger partial charge in [-0.25, -0.2) is 0 Å². The Hall–Kier alpha value is -3.02. The second-order valence-electron chi connectivity index (χ2n) is 9.43. The van der Waals surface area contributed by atoms with Gasteiger partial charge in [0.1, 0.15) is 17.5 Å². The Morgan fingerprint density at radius 2 is 1.70 bits per heavy atom. The van der Waals surface area contributed by atoms with Crippen LogP contribution < -0.4 is 14.8 Å². The number of ether oxygens (including phenoxy) is 2. The summed E-state index contributed by atoms with van der Waals surface area (Å²) in [4.78, 5) is 27.6. The lowest BCUT2D eigenvalue weighted by molar-refractivity contribution is -0.142. The normalized spacial score (nSPS) is 13.1. The fourth-order valence-electron chi connectivity index (χ4n) is 3.29. The molecule has 0 radical (unpaired) electrons. The molecule has 0 saturated carbocycles. The van der Waals surface area contributed by atoms with Gasteiger partial charge in [-0.3, -0.25) is 9.59 Å². The fourth-order valence-corrected chi connectivity index (χ4v) is 3.29. The summed E-state index contributed by atoms with van der Waals surface area (Å²) in [7, 11) is 1.60. The predicted molar refractivity (Wildman–Crippen MR) is 132 cm³/mol. The Labute approximate surface area is 198 Å². The number of hydrogen-bond donors (Lipinski definition) is 1. The summed E-state index contributed by atoms with van der Waals surface area (Å²) in [5, 5.41) is 2.97. The van der Waals surface area contributed by atoms with E-state index >= 15 is 0 Å². The second-order valence-corrected chi connectivity index (χ2v) is 9.43. The molecule has 0 aromatic heterocycles. The standard InChI is InChI=1S/C27H38N2O4/c1-8-19(2)28-26(31)20(3)29(17-21-10-9-11-24(16-21)32-7)25(30)18-33-23-14-12-22(13-15-23)27(4,5)6/h9-16,19-20H,8,17-18H2,1-7H3,(H,28,31)/t19-,20-/m0/s1. The van der Waals surface area contributed by atoms with E-state index in [9.17, 15) is 9.59 Å². The van der Waals surface area contributed by atoms with Crippen LogP contribution in [-0.4, -0.2) is 42.5 Å². The van der Waals surface area contributed by atoms with E-state index in [2.05, 4.69) is 26.1 Å². The second kappa shape index (κ2) is 11.7. The lowest BCUT2D eigenvalue weighted by Crippen LogP contribution is -2.50. The van der Waals surface area contributed by atoms with Gasteiger partial charge >= 0.3 is 0 Å². The first-order chi connectivity index (χ1) is 15.5. The van der Waals surface area contributed by atoms with E-state index in [0.717, 1.165) is 12.0 Å². The minimum atomic E-state index is -0.649. The molecule has 0 spiro atoms. The maximum absolute atomic E-state index is 13.2. The summed E-state index contributed by atoms with van der Waals surface area (Å²) in [6, 6.07) is 14.6. The molecular formula is C27H38N2O4. The van der Waals surface area contributed by atoms with Gasteiger partial charge in [0.05, 0.1) is 7.11 Å². The lowest BCUT2D eigenvalue weighted by Gasteiger charge is -2.29. The van der Waals surface area contributed by atoms with Crippen LogP contribution in [0.4, 0.5) is 0 Å². The zero-order valence-corrected chi connectivity index (χ0v) is 21.0. The summed E-state index contributed by atoms with van der Waals surface area (Å²) in [5.74, 6) is 0.876. The van der Waals surface area contributed by atoms with Gasteiger partial charge in [-0.2, -0.15) is 0 Å². The Bertz CT molecular complexity index is 918. The molecule has 0 aliphatic heterocycles. The number of nitrogens with one attached hydrogen (secondary N) is 1. The molecule has 0 heterocycles. The Morgan fingerprint density at radius 1 is 1.03 bits per heavy atom. The maximum atomic E-state index is 13.2. The molecular weight excluding hydrogens is 416 g/mol. The number of benzene rings is 2. The number of carbonyl (C=O) groups is 2. The van der Waals surface area contributed by atoms with Gasteiger partial charge in [0, 0.05) is 12.6 Å². The van der Waals surface area contributed by atoms with Crippen molar-refractivity contribution < 1.29 is 19.1 Å². The monoisotopic (exact) mass is 454 g/mol. The summed E-state index contributed by atoms with van der Waals surface area (Å²) >= 11 is 0. The molecule has 2 atom stereocenters. The third-order valence-electron chi connectivity index (χ3n) is 5.74. The van der Waals surface area contributed by atoms with E-state index in [1.54, 1.807) is 18.9 Å². The smallest absolute Gasteiger partial charge is 0.261 e. The van der Waals surface area contributed by atoms with Gasteiger partial charge in [0.2, 0.25) is 5.91 Å². The molecule has 1 N–H and O–H groups in total. The van der Waals surface area contributed by atoms with Crippen molar-refractivity contribution in [3.63, 3.8) is 0 Å². The highest BCUT2D eigenvalue weighted by atomic mass is 16.5. The van der Waals surface area contributed by atoms with Crippen molar-refractivity contribution >= 4 is 11.8 Å². The van der Waals surface area contributed by atoms with Gasteiger partial charge in [0.15, 0.2) is 6.61 Å². The molecule has 2 aromatic rings. The van der Waals surface area contributed by atoms with Crippen LogP contribution >= 0.6 is 0 Å². The van der Waals surface area contributed by atoms with Crippen molar-refractivity contribution in [1.29, 1.82) is 0 Å². The van der Waals surface area contributed by atoms with Crippen LogP contribution in [0.5, 0.6) is 11.5 Å². The molecule has 33 heavy (non-hydrogen) atoms. The van der Waals surface area contributed by atoms with E-state index in [4.69, 9.17) is 9.47 Å². The average molecular weight is 455 g/mol. The SMILES string of the molecule is CC[C@H](C)NC(=O)[C@H](C)N(Cc1cccc(OC)c1)C(=O)COc1ccc(C(C)(C)C)cc1. The zero-order chi connectivity index (χ0) is 24.6. The predicted octanol–water partition coefficient (Wildman–Crippen LogP) is 4.70. The summed E-state index contributed by atoms with van der Waals surface area (Å²) < 4.78 is 11.1. The van der Waals surface area contributed by atoms with Crippen molar-refractivity contribution in [2.24, 2.45) is 0 Å². The van der Waals surface area contributed by atoms with Crippen molar-refractivity contribution in [3.8, 4) is 11.5 Å². The first-order valence-electron chi connectivity index (χ1n) is 11.5. The van der Waals surface area contributed by atoms with Gasteiger partial charge in [-0.15, -0.1) is 0 Å². The lowest BCUT2D eigenvalue weighted by atomic mass is 9.87. The van der Waals surface area contributed by atoms with E-state index < -0.39 is 6.04 Å². The highest BCUT2D eigenvalue weighted by Crippen LogP contribution is 2.24. The van der Waals surface area contributed by atoms with E-state index in [1.807, 2.05) is 62.4 Å². The number of amides is 2.